The van der Waals surface area contributed by atoms with Gasteiger partial charge in [0, 0.05) is 10.6 Å². The second kappa shape index (κ2) is 6.82. The van der Waals surface area contributed by atoms with Gasteiger partial charge >= 0.3 is 0 Å². The van der Waals surface area contributed by atoms with Gasteiger partial charge in [-0.1, -0.05) is 35.9 Å². The number of nitrogens with zero attached hydrogens (tertiary/aromatic N) is 1. The molecule has 7 heteroatoms. The van der Waals surface area contributed by atoms with Gasteiger partial charge in [-0.05, 0) is 48.9 Å². The van der Waals surface area contributed by atoms with Crippen molar-refractivity contribution in [2.45, 2.75) is 11.8 Å². The van der Waals surface area contributed by atoms with Crippen LogP contribution >= 0.6 is 11.6 Å². The highest BCUT2D eigenvalue weighted by molar-refractivity contribution is 7.92. The molecule has 128 valence electrons. The van der Waals surface area contributed by atoms with Crippen LogP contribution in [0.25, 0.3) is 11.3 Å². The van der Waals surface area contributed by atoms with Crippen LogP contribution in [0.5, 0.6) is 0 Å². The minimum absolute atomic E-state index is 0.0677. The lowest BCUT2D eigenvalue weighted by molar-refractivity contribution is 0.600. The van der Waals surface area contributed by atoms with E-state index in [9.17, 15) is 12.8 Å². The van der Waals surface area contributed by atoms with Crippen molar-refractivity contribution >= 4 is 27.4 Å². The third-order valence-electron chi connectivity index (χ3n) is 3.65. The third kappa shape index (κ3) is 3.65. The molecule has 4 nitrogen and oxygen atoms in total. The molecule has 0 saturated carbocycles. The van der Waals surface area contributed by atoms with Gasteiger partial charge in [0.2, 0.25) is 0 Å². The predicted octanol–water partition coefficient (Wildman–Crippen LogP) is 4.65. The van der Waals surface area contributed by atoms with Gasteiger partial charge in [-0.25, -0.2) is 17.8 Å². The van der Waals surface area contributed by atoms with Crippen LogP contribution in [0.15, 0.2) is 65.6 Å². The quantitative estimate of drug-likeness (QED) is 0.721. The zero-order valence-electron chi connectivity index (χ0n) is 13.2. The van der Waals surface area contributed by atoms with Crippen molar-refractivity contribution in [1.82, 2.24) is 4.98 Å². The summed E-state index contributed by atoms with van der Waals surface area (Å²) in [6.45, 7) is 1.63. The van der Waals surface area contributed by atoms with Crippen LogP contribution < -0.4 is 4.72 Å². The molecule has 0 aliphatic rings. The Labute approximate surface area is 150 Å². The van der Waals surface area contributed by atoms with Gasteiger partial charge in [0.05, 0.1) is 10.6 Å². The number of pyridine rings is 1. The first-order valence-electron chi connectivity index (χ1n) is 7.38. The summed E-state index contributed by atoms with van der Waals surface area (Å²) < 4.78 is 41.5. The van der Waals surface area contributed by atoms with Crippen LogP contribution in [0.2, 0.25) is 5.02 Å². The second-order valence-electron chi connectivity index (χ2n) is 5.36. The molecule has 3 rings (SSSR count). The summed E-state index contributed by atoms with van der Waals surface area (Å²) in [6, 6.07) is 15.5. The summed E-state index contributed by atoms with van der Waals surface area (Å²) in [5.74, 6) is -0.333. The molecule has 0 saturated heterocycles. The highest BCUT2D eigenvalue weighted by Gasteiger charge is 2.19. The van der Waals surface area contributed by atoms with Gasteiger partial charge in [0.15, 0.2) is 0 Å². The number of hydrogen-bond acceptors (Lipinski definition) is 3. The van der Waals surface area contributed by atoms with E-state index in [0.717, 1.165) is 0 Å². The Hall–Kier alpha value is -2.44. The first-order chi connectivity index (χ1) is 11.9. The topological polar surface area (TPSA) is 59.1 Å². The number of rotatable bonds is 4. The molecule has 0 bridgehead atoms. The van der Waals surface area contributed by atoms with Gasteiger partial charge in [0.1, 0.15) is 11.6 Å². The molecule has 0 fully saturated rings. The van der Waals surface area contributed by atoms with Crippen molar-refractivity contribution in [2.75, 3.05) is 4.72 Å². The smallest absolute Gasteiger partial charge is 0.263 e. The van der Waals surface area contributed by atoms with E-state index in [-0.39, 0.29) is 10.7 Å². The average Bonchev–Trinajstić information content (AvgIpc) is 2.57. The molecule has 2 aromatic carbocycles. The largest absolute Gasteiger partial charge is 0.263 e. The monoisotopic (exact) mass is 376 g/mol. The van der Waals surface area contributed by atoms with Gasteiger partial charge in [0.25, 0.3) is 10.0 Å². The normalized spacial score (nSPS) is 11.3. The zero-order chi connectivity index (χ0) is 18.0. The number of hydrogen-bond donors (Lipinski definition) is 1. The maximum atomic E-state index is 13.9. The molecule has 0 radical (unpaired) electrons. The van der Waals surface area contributed by atoms with E-state index < -0.39 is 15.8 Å². The Balaban J connectivity index is 1.97. The Morgan fingerprint density at radius 2 is 1.72 bits per heavy atom. The molecule has 0 amide bonds. The molecule has 0 atom stereocenters. The zero-order valence-corrected chi connectivity index (χ0v) is 14.8. The van der Waals surface area contributed by atoms with Crippen LogP contribution in [-0.2, 0) is 10.0 Å². The molecule has 0 aliphatic heterocycles. The molecule has 1 aromatic heterocycles. The van der Waals surface area contributed by atoms with E-state index in [1.807, 2.05) is 0 Å². The minimum Gasteiger partial charge on any atom is -0.263 e. The van der Waals surface area contributed by atoms with Crippen LogP contribution in [0.1, 0.15) is 5.56 Å². The van der Waals surface area contributed by atoms with E-state index in [2.05, 4.69) is 9.71 Å². The van der Waals surface area contributed by atoms with E-state index in [1.54, 1.807) is 49.4 Å². The van der Waals surface area contributed by atoms with Crippen LogP contribution in [0.4, 0.5) is 10.2 Å². The van der Waals surface area contributed by atoms with Crippen molar-refractivity contribution in [2.24, 2.45) is 0 Å². The molecule has 3 aromatic rings. The fourth-order valence-corrected chi connectivity index (χ4v) is 3.88. The van der Waals surface area contributed by atoms with Crippen molar-refractivity contribution in [3.63, 3.8) is 0 Å². The molecule has 0 unspecified atom stereocenters. The number of halogens is 2. The summed E-state index contributed by atoms with van der Waals surface area (Å²) >= 11 is 6.00. The van der Waals surface area contributed by atoms with Gasteiger partial charge in [-0.2, -0.15) is 0 Å². The highest BCUT2D eigenvalue weighted by atomic mass is 35.5. The number of sulfonamides is 1. The maximum Gasteiger partial charge on any atom is 0.263 e. The SMILES string of the molecule is Cc1c(Cl)cccc1S(=O)(=O)Nc1cccc(-c2ccccc2F)n1. The fourth-order valence-electron chi connectivity index (χ4n) is 2.38. The van der Waals surface area contributed by atoms with Gasteiger partial charge in [-0.15, -0.1) is 0 Å². The predicted molar refractivity (Wildman–Crippen MR) is 96.6 cm³/mol. The summed E-state index contributed by atoms with van der Waals surface area (Å²) in [5, 5.41) is 0.357. The first kappa shape index (κ1) is 17.4. The third-order valence-corrected chi connectivity index (χ3v) is 5.55. The molecular formula is C18H14ClFN2O2S. The lowest BCUT2D eigenvalue weighted by Crippen LogP contribution is -2.15. The number of anilines is 1. The molecule has 0 aliphatic carbocycles. The molecule has 1 heterocycles. The first-order valence-corrected chi connectivity index (χ1v) is 9.24. The number of aromatic nitrogens is 1. The fraction of sp³-hybridized carbons (Fsp3) is 0.0556. The molecule has 1 N–H and O–H groups in total. The van der Waals surface area contributed by atoms with Gasteiger partial charge < -0.3 is 0 Å². The lowest BCUT2D eigenvalue weighted by Gasteiger charge is -2.11. The summed E-state index contributed by atoms with van der Waals surface area (Å²) in [7, 11) is -3.87. The van der Waals surface area contributed by atoms with Crippen molar-refractivity contribution in [1.29, 1.82) is 0 Å². The molecule has 0 spiro atoms. The Morgan fingerprint density at radius 3 is 2.48 bits per heavy atom. The van der Waals surface area contributed by atoms with E-state index in [0.29, 0.717) is 21.8 Å². The van der Waals surface area contributed by atoms with Gasteiger partial charge in [-0.3, -0.25) is 4.72 Å². The van der Waals surface area contributed by atoms with Crippen molar-refractivity contribution < 1.29 is 12.8 Å². The van der Waals surface area contributed by atoms with Crippen LogP contribution in [0, 0.1) is 12.7 Å². The van der Waals surface area contributed by atoms with Crippen LogP contribution in [0.3, 0.4) is 0 Å². The average molecular weight is 377 g/mol. The number of nitrogens with one attached hydrogen (secondary N) is 1. The lowest BCUT2D eigenvalue weighted by atomic mass is 10.1. The van der Waals surface area contributed by atoms with Crippen LogP contribution in [-0.4, -0.2) is 13.4 Å². The van der Waals surface area contributed by atoms with E-state index in [4.69, 9.17) is 11.6 Å². The standard InChI is InChI=1S/C18H14ClFN2O2S/c1-12-14(19)7-4-10-17(12)25(23,24)22-18-11-5-9-16(21-18)13-6-2-3-8-15(13)20/h2-11H,1H3,(H,21,22). The summed E-state index contributed by atoms with van der Waals surface area (Å²) in [5.41, 5.74) is 1.07. The maximum absolute atomic E-state index is 13.9. The summed E-state index contributed by atoms with van der Waals surface area (Å²) in [4.78, 5) is 4.27. The molecule has 25 heavy (non-hydrogen) atoms. The van der Waals surface area contributed by atoms with Crippen molar-refractivity contribution in [3.8, 4) is 11.3 Å². The minimum atomic E-state index is -3.87. The molecular weight excluding hydrogens is 363 g/mol. The summed E-state index contributed by atoms with van der Waals surface area (Å²) in [6.07, 6.45) is 0. The Bertz CT molecular complexity index is 1040. The van der Waals surface area contributed by atoms with E-state index >= 15 is 0 Å². The second-order valence-corrected chi connectivity index (χ2v) is 7.41. The Morgan fingerprint density at radius 1 is 1.00 bits per heavy atom. The van der Waals surface area contributed by atoms with E-state index in [1.165, 1.54) is 18.2 Å². The van der Waals surface area contributed by atoms with Crippen molar-refractivity contribution in [3.05, 3.63) is 77.1 Å². The Kier molecular flexibility index (Phi) is 4.74. The highest BCUT2D eigenvalue weighted by Crippen LogP contribution is 2.26. The number of benzene rings is 2.